The van der Waals surface area contributed by atoms with E-state index in [1.54, 1.807) is 45.6 Å². The van der Waals surface area contributed by atoms with Gasteiger partial charge < -0.3 is 24.4 Å². The Balaban J connectivity index is 1.29. The van der Waals surface area contributed by atoms with Crippen molar-refractivity contribution in [1.82, 2.24) is 5.32 Å². The van der Waals surface area contributed by atoms with E-state index in [0.29, 0.717) is 29.2 Å². The lowest BCUT2D eigenvalue weighted by Crippen LogP contribution is -2.40. The first-order valence-electron chi connectivity index (χ1n) is 12.0. The maximum atomic E-state index is 12.8. The number of ether oxygens (including phenoxy) is 3. The van der Waals surface area contributed by atoms with E-state index in [1.807, 2.05) is 42.5 Å². The normalized spacial score (nSPS) is 13.7. The molecule has 0 unspecified atom stereocenters. The largest absolute Gasteiger partial charge is 0.497 e. The first-order chi connectivity index (χ1) is 17.5. The molecule has 0 aromatic heterocycles. The molecule has 7 heteroatoms. The molecule has 1 fully saturated rings. The van der Waals surface area contributed by atoms with Crippen LogP contribution in [0.25, 0.3) is 0 Å². The number of amides is 1. The fourth-order valence-electron chi connectivity index (χ4n) is 4.46. The van der Waals surface area contributed by atoms with Crippen molar-refractivity contribution in [3.8, 4) is 17.2 Å². The van der Waals surface area contributed by atoms with Gasteiger partial charge in [0.15, 0.2) is 5.78 Å². The van der Waals surface area contributed by atoms with Crippen molar-refractivity contribution < 1.29 is 23.8 Å². The van der Waals surface area contributed by atoms with E-state index in [-0.39, 0.29) is 17.6 Å². The van der Waals surface area contributed by atoms with Crippen LogP contribution in [0.4, 0.5) is 5.69 Å². The summed E-state index contributed by atoms with van der Waals surface area (Å²) < 4.78 is 15.8. The molecule has 1 heterocycles. The monoisotopic (exact) mass is 488 g/mol. The Morgan fingerprint density at radius 2 is 1.39 bits per heavy atom. The summed E-state index contributed by atoms with van der Waals surface area (Å²) in [5, 5.41) is 3.05. The Morgan fingerprint density at radius 1 is 0.806 bits per heavy atom. The highest BCUT2D eigenvalue weighted by molar-refractivity contribution is 6.09. The van der Waals surface area contributed by atoms with Crippen molar-refractivity contribution in [3.63, 3.8) is 0 Å². The van der Waals surface area contributed by atoms with E-state index in [9.17, 15) is 9.59 Å². The van der Waals surface area contributed by atoms with Gasteiger partial charge in [-0.2, -0.15) is 0 Å². The van der Waals surface area contributed by atoms with E-state index >= 15 is 0 Å². The molecule has 188 valence electrons. The zero-order chi connectivity index (χ0) is 25.5. The van der Waals surface area contributed by atoms with Gasteiger partial charge in [-0.15, -0.1) is 0 Å². The molecular weight excluding hydrogens is 456 g/mol. The van der Waals surface area contributed by atoms with Crippen LogP contribution in [0.15, 0.2) is 66.7 Å². The highest BCUT2D eigenvalue weighted by Gasteiger charge is 2.25. The molecule has 1 N–H and O–H groups in total. The maximum absolute atomic E-state index is 12.8. The summed E-state index contributed by atoms with van der Waals surface area (Å²) in [7, 11) is 4.82. The molecule has 0 radical (unpaired) electrons. The molecule has 7 nitrogen and oxygen atoms in total. The van der Waals surface area contributed by atoms with Crippen molar-refractivity contribution in [2.24, 2.45) is 5.92 Å². The number of rotatable bonds is 9. The van der Waals surface area contributed by atoms with Gasteiger partial charge >= 0.3 is 0 Å². The second-order valence-corrected chi connectivity index (χ2v) is 8.76. The van der Waals surface area contributed by atoms with Crippen LogP contribution in [0, 0.1) is 5.92 Å². The number of carbonyl (C=O) groups excluding carboxylic acids is 2. The number of carbonyl (C=O) groups is 2. The van der Waals surface area contributed by atoms with E-state index in [1.165, 1.54) is 0 Å². The van der Waals surface area contributed by atoms with Crippen molar-refractivity contribution in [2.75, 3.05) is 39.3 Å². The average Bonchev–Trinajstić information content (AvgIpc) is 2.95. The van der Waals surface area contributed by atoms with E-state index in [4.69, 9.17) is 14.2 Å². The standard InChI is InChI=1S/C29H32N2O5/c1-34-25-11-6-21(7-12-25)28(32)20-4-9-24(10-5-20)31-16-14-22(15-17-31)29(33)30-19-23-8-13-26(35-2)18-27(23)36-3/h4-13,18,22H,14-17,19H2,1-3H3,(H,30,33). The fraction of sp³-hybridized carbons (Fsp3) is 0.310. The molecule has 3 aromatic rings. The summed E-state index contributed by atoms with van der Waals surface area (Å²) >= 11 is 0. The predicted molar refractivity (Wildman–Crippen MR) is 139 cm³/mol. The molecule has 1 aliphatic heterocycles. The van der Waals surface area contributed by atoms with Gasteiger partial charge in [0.1, 0.15) is 17.2 Å². The first kappa shape index (κ1) is 25.1. The second-order valence-electron chi connectivity index (χ2n) is 8.76. The number of ketones is 1. The quantitative estimate of drug-likeness (QED) is 0.448. The number of nitrogens with one attached hydrogen (secondary N) is 1. The third kappa shape index (κ3) is 5.79. The second kappa shape index (κ2) is 11.6. The third-order valence-corrected chi connectivity index (χ3v) is 6.66. The average molecular weight is 489 g/mol. The van der Waals surface area contributed by atoms with Gasteiger partial charge in [0.25, 0.3) is 0 Å². The molecule has 1 amide bonds. The van der Waals surface area contributed by atoms with E-state index in [2.05, 4.69) is 10.2 Å². The van der Waals surface area contributed by atoms with Crippen LogP contribution in [0.3, 0.4) is 0 Å². The Morgan fingerprint density at radius 3 is 1.97 bits per heavy atom. The molecular formula is C29H32N2O5. The van der Waals surface area contributed by atoms with Crippen molar-refractivity contribution >= 4 is 17.4 Å². The fourth-order valence-corrected chi connectivity index (χ4v) is 4.46. The Hall–Kier alpha value is -4.00. The summed E-state index contributed by atoms with van der Waals surface area (Å²) in [5.41, 5.74) is 3.24. The van der Waals surface area contributed by atoms with Crippen LogP contribution in [0.5, 0.6) is 17.2 Å². The lowest BCUT2D eigenvalue weighted by Gasteiger charge is -2.33. The van der Waals surface area contributed by atoms with Crippen molar-refractivity contribution in [1.29, 1.82) is 0 Å². The van der Waals surface area contributed by atoms with Crippen LogP contribution in [-0.2, 0) is 11.3 Å². The molecule has 4 rings (SSSR count). The highest BCUT2D eigenvalue weighted by atomic mass is 16.5. The minimum absolute atomic E-state index is 0.0203. The zero-order valence-electron chi connectivity index (χ0n) is 21.0. The summed E-state index contributed by atoms with van der Waals surface area (Å²) in [6.45, 7) is 1.99. The number of hydrogen-bond acceptors (Lipinski definition) is 6. The topological polar surface area (TPSA) is 77.1 Å². The van der Waals surface area contributed by atoms with Crippen LogP contribution in [0.2, 0.25) is 0 Å². The number of methoxy groups -OCH3 is 3. The maximum Gasteiger partial charge on any atom is 0.223 e. The number of nitrogens with zero attached hydrogens (tertiary/aromatic N) is 1. The van der Waals surface area contributed by atoms with Gasteiger partial charge in [-0.05, 0) is 73.5 Å². The smallest absolute Gasteiger partial charge is 0.223 e. The lowest BCUT2D eigenvalue weighted by atomic mass is 9.95. The SMILES string of the molecule is COc1ccc(C(=O)c2ccc(N3CCC(C(=O)NCc4ccc(OC)cc4OC)CC3)cc2)cc1. The van der Waals surface area contributed by atoms with Gasteiger partial charge in [-0.3, -0.25) is 9.59 Å². The molecule has 0 bridgehead atoms. The molecule has 0 spiro atoms. The zero-order valence-corrected chi connectivity index (χ0v) is 21.0. The Bertz CT molecular complexity index is 1180. The Kier molecular flexibility index (Phi) is 8.10. The minimum Gasteiger partial charge on any atom is -0.497 e. The number of piperidine rings is 1. The van der Waals surface area contributed by atoms with E-state index in [0.717, 1.165) is 42.9 Å². The van der Waals surface area contributed by atoms with Gasteiger partial charge in [0, 0.05) is 54.0 Å². The number of hydrogen-bond donors (Lipinski definition) is 1. The third-order valence-electron chi connectivity index (χ3n) is 6.66. The summed E-state index contributed by atoms with van der Waals surface area (Å²) in [4.78, 5) is 27.8. The predicted octanol–water partition coefficient (Wildman–Crippen LogP) is 4.48. The van der Waals surface area contributed by atoms with Crippen LogP contribution >= 0.6 is 0 Å². The summed E-state index contributed by atoms with van der Waals surface area (Å²) in [6.07, 6.45) is 1.55. The molecule has 0 atom stereocenters. The van der Waals surface area contributed by atoms with Gasteiger partial charge in [-0.1, -0.05) is 0 Å². The highest BCUT2D eigenvalue weighted by Crippen LogP contribution is 2.27. The Labute approximate surface area is 212 Å². The van der Waals surface area contributed by atoms with Crippen LogP contribution in [-0.4, -0.2) is 46.1 Å². The lowest BCUT2D eigenvalue weighted by molar-refractivity contribution is -0.125. The first-order valence-corrected chi connectivity index (χ1v) is 12.0. The summed E-state index contributed by atoms with van der Waals surface area (Å²) in [6, 6.07) is 20.4. The molecule has 1 aliphatic rings. The van der Waals surface area contributed by atoms with Crippen LogP contribution in [0.1, 0.15) is 34.3 Å². The van der Waals surface area contributed by atoms with Gasteiger partial charge in [-0.25, -0.2) is 0 Å². The number of anilines is 1. The van der Waals surface area contributed by atoms with Gasteiger partial charge in [0.05, 0.1) is 21.3 Å². The van der Waals surface area contributed by atoms with Crippen LogP contribution < -0.4 is 24.4 Å². The summed E-state index contributed by atoms with van der Waals surface area (Å²) in [5.74, 6) is 2.15. The van der Waals surface area contributed by atoms with E-state index < -0.39 is 0 Å². The van der Waals surface area contributed by atoms with Gasteiger partial charge in [0.2, 0.25) is 5.91 Å². The molecule has 36 heavy (non-hydrogen) atoms. The molecule has 1 saturated heterocycles. The van der Waals surface area contributed by atoms with Crippen molar-refractivity contribution in [2.45, 2.75) is 19.4 Å². The molecule has 0 aliphatic carbocycles. The van der Waals surface area contributed by atoms with Crippen molar-refractivity contribution in [3.05, 3.63) is 83.4 Å². The minimum atomic E-state index is -0.0265. The molecule has 3 aromatic carbocycles. The molecule has 0 saturated carbocycles. The number of benzene rings is 3.